The molecule has 0 N–H and O–H groups in total. The molecule has 0 aromatic carbocycles. The minimum atomic E-state index is -0.764. The summed E-state index contributed by atoms with van der Waals surface area (Å²) in [6, 6.07) is 0. The van der Waals surface area contributed by atoms with E-state index >= 15 is 0 Å². The molecule has 0 heterocycles. The Morgan fingerprint density at radius 1 is 0.317 bits per heavy atom. The summed E-state index contributed by atoms with van der Waals surface area (Å²) in [5, 5.41) is 0. The summed E-state index contributed by atoms with van der Waals surface area (Å²) in [7, 11) is 0. The number of carbonyl (C=O) groups excluding carboxylic acids is 3. The molecule has 354 valence electrons. The average Bonchev–Trinajstić information content (AvgIpc) is 3.24. The molecule has 0 aromatic heterocycles. The van der Waals surface area contributed by atoms with E-state index in [1.165, 1.54) is 199 Å². The van der Waals surface area contributed by atoms with E-state index in [0.717, 1.165) is 57.8 Å². The van der Waals surface area contributed by atoms with Crippen LogP contribution in [0.4, 0.5) is 0 Å². The molecular weight excluding hydrogens is 745 g/mol. The van der Waals surface area contributed by atoms with Gasteiger partial charge in [0.1, 0.15) is 13.2 Å². The van der Waals surface area contributed by atoms with Crippen LogP contribution in [0.1, 0.15) is 297 Å². The average molecular weight is 847 g/mol. The van der Waals surface area contributed by atoms with Crippen molar-refractivity contribution in [3.8, 4) is 0 Å². The maximum absolute atomic E-state index is 12.8. The Bertz CT molecular complexity index is 931. The van der Waals surface area contributed by atoms with E-state index in [4.69, 9.17) is 14.2 Å². The molecular formula is C54H102O6. The number of carbonyl (C=O) groups is 3. The Morgan fingerprint density at radius 3 is 0.833 bits per heavy atom. The molecule has 0 spiro atoms. The summed E-state index contributed by atoms with van der Waals surface area (Å²) in [6.45, 7) is 6.66. The molecule has 60 heavy (non-hydrogen) atoms. The molecule has 0 aromatic rings. The maximum atomic E-state index is 12.8. The third-order valence-corrected chi connectivity index (χ3v) is 12.0. The van der Waals surface area contributed by atoms with E-state index in [0.29, 0.717) is 19.3 Å². The van der Waals surface area contributed by atoms with Crippen molar-refractivity contribution in [3.63, 3.8) is 0 Å². The van der Waals surface area contributed by atoms with Crippen LogP contribution in [0.15, 0.2) is 12.2 Å². The van der Waals surface area contributed by atoms with Crippen molar-refractivity contribution in [2.75, 3.05) is 13.2 Å². The van der Waals surface area contributed by atoms with Crippen molar-refractivity contribution in [3.05, 3.63) is 12.2 Å². The number of rotatable bonds is 49. The number of hydrogen-bond donors (Lipinski definition) is 0. The van der Waals surface area contributed by atoms with Crippen LogP contribution in [0.5, 0.6) is 0 Å². The van der Waals surface area contributed by atoms with Gasteiger partial charge in [0.2, 0.25) is 0 Å². The highest BCUT2D eigenvalue weighted by atomic mass is 16.6. The lowest BCUT2D eigenvalue weighted by Crippen LogP contribution is -2.30. The summed E-state index contributed by atoms with van der Waals surface area (Å²) < 4.78 is 16.8. The lowest BCUT2D eigenvalue weighted by Gasteiger charge is -2.18. The smallest absolute Gasteiger partial charge is 0.306 e. The molecule has 0 bridgehead atoms. The van der Waals surface area contributed by atoms with E-state index in [2.05, 4.69) is 32.9 Å². The summed E-state index contributed by atoms with van der Waals surface area (Å²) in [4.78, 5) is 38.0. The maximum Gasteiger partial charge on any atom is 0.306 e. The molecule has 0 aliphatic heterocycles. The van der Waals surface area contributed by atoms with Gasteiger partial charge in [-0.1, -0.05) is 245 Å². The van der Waals surface area contributed by atoms with Gasteiger partial charge in [0, 0.05) is 19.3 Å². The first-order valence-corrected chi connectivity index (χ1v) is 26.7. The predicted molar refractivity (Wildman–Crippen MR) is 256 cm³/mol. The lowest BCUT2D eigenvalue weighted by molar-refractivity contribution is -0.167. The fourth-order valence-electron chi connectivity index (χ4n) is 7.97. The van der Waals surface area contributed by atoms with Gasteiger partial charge in [-0.05, 0) is 44.9 Å². The zero-order valence-electron chi connectivity index (χ0n) is 40.5. The number of unbranched alkanes of at least 4 members (excludes halogenated alkanes) is 36. The standard InChI is InChI=1S/C54H102O6/c1-4-7-10-13-16-19-22-25-26-27-28-30-32-35-38-41-44-47-53(56)59-50-51(49-58-52(55)46-43-40-37-34-31-24-21-18-15-12-9-6-3)60-54(57)48-45-42-39-36-33-29-23-20-17-14-11-8-5-2/h25-26,51H,4-24,27-50H2,1-3H3/b26-25-/t51-/m0/s1. The van der Waals surface area contributed by atoms with Crippen molar-refractivity contribution in [1.82, 2.24) is 0 Å². The highest BCUT2D eigenvalue weighted by molar-refractivity contribution is 5.71. The fraction of sp³-hybridized carbons (Fsp3) is 0.907. The number of allylic oxidation sites excluding steroid dienone is 2. The van der Waals surface area contributed by atoms with Gasteiger partial charge >= 0.3 is 17.9 Å². The second-order valence-electron chi connectivity index (χ2n) is 18.2. The van der Waals surface area contributed by atoms with Crippen LogP contribution >= 0.6 is 0 Å². The predicted octanol–water partition coefficient (Wildman–Crippen LogP) is 17.4. The van der Waals surface area contributed by atoms with Crippen molar-refractivity contribution in [1.29, 1.82) is 0 Å². The van der Waals surface area contributed by atoms with Gasteiger partial charge < -0.3 is 14.2 Å². The van der Waals surface area contributed by atoms with Gasteiger partial charge in [0.25, 0.3) is 0 Å². The van der Waals surface area contributed by atoms with Gasteiger partial charge in [-0.3, -0.25) is 14.4 Å². The zero-order chi connectivity index (χ0) is 43.7. The number of esters is 3. The van der Waals surface area contributed by atoms with Crippen LogP contribution in [0.25, 0.3) is 0 Å². The Kier molecular flexibility index (Phi) is 48.3. The third-order valence-electron chi connectivity index (χ3n) is 12.0. The first kappa shape index (κ1) is 58.1. The first-order chi connectivity index (χ1) is 29.5. The van der Waals surface area contributed by atoms with Crippen LogP contribution in [-0.4, -0.2) is 37.2 Å². The molecule has 0 amide bonds. The van der Waals surface area contributed by atoms with Gasteiger partial charge in [-0.25, -0.2) is 0 Å². The van der Waals surface area contributed by atoms with Crippen molar-refractivity contribution >= 4 is 17.9 Å². The van der Waals surface area contributed by atoms with Crippen molar-refractivity contribution in [2.24, 2.45) is 0 Å². The van der Waals surface area contributed by atoms with Crippen molar-refractivity contribution in [2.45, 2.75) is 303 Å². The third kappa shape index (κ3) is 47.2. The summed E-state index contributed by atoms with van der Waals surface area (Å²) >= 11 is 0. The van der Waals surface area contributed by atoms with Gasteiger partial charge in [0.05, 0.1) is 0 Å². The molecule has 0 rings (SSSR count). The van der Waals surface area contributed by atoms with E-state index in [-0.39, 0.29) is 31.1 Å². The Hall–Kier alpha value is -1.85. The molecule has 0 aliphatic rings. The summed E-state index contributed by atoms with van der Waals surface area (Å²) in [5.74, 6) is -0.852. The monoisotopic (exact) mass is 847 g/mol. The molecule has 6 nitrogen and oxygen atoms in total. The normalized spacial score (nSPS) is 12.0. The number of ether oxygens (including phenoxy) is 3. The topological polar surface area (TPSA) is 78.9 Å². The minimum Gasteiger partial charge on any atom is -0.462 e. The van der Waals surface area contributed by atoms with E-state index < -0.39 is 6.10 Å². The second kappa shape index (κ2) is 49.8. The lowest BCUT2D eigenvalue weighted by atomic mass is 10.0. The quantitative estimate of drug-likeness (QED) is 0.0263. The molecule has 1 atom stereocenters. The largest absolute Gasteiger partial charge is 0.462 e. The Morgan fingerprint density at radius 2 is 0.550 bits per heavy atom. The van der Waals surface area contributed by atoms with Crippen LogP contribution in [0.3, 0.4) is 0 Å². The van der Waals surface area contributed by atoms with Gasteiger partial charge in [-0.2, -0.15) is 0 Å². The molecule has 0 saturated heterocycles. The van der Waals surface area contributed by atoms with Crippen LogP contribution in [0.2, 0.25) is 0 Å². The molecule has 0 aliphatic carbocycles. The number of hydrogen-bond acceptors (Lipinski definition) is 6. The highest BCUT2D eigenvalue weighted by Crippen LogP contribution is 2.16. The Labute approximate surface area is 373 Å². The molecule has 0 saturated carbocycles. The van der Waals surface area contributed by atoms with Crippen LogP contribution in [-0.2, 0) is 28.6 Å². The Balaban J connectivity index is 4.31. The van der Waals surface area contributed by atoms with E-state index in [1.807, 2.05) is 0 Å². The minimum absolute atomic E-state index is 0.0658. The first-order valence-electron chi connectivity index (χ1n) is 26.7. The summed E-state index contributed by atoms with van der Waals surface area (Å²) in [6.07, 6.45) is 54.8. The van der Waals surface area contributed by atoms with E-state index in [1.54, 1.807) is 0 Å². The highest BCUT2D eigenvalue weighted by Gasteiger charge is 2.19. The van der Waals surface area contributed by atoms with Crippen molar-refractivity contribution < 1.29 is 28.6 Å². The van der Waals surface area contributed by atoms with Gasteiger partial charge in [-0.15, -0.1) is 0 Å². The molecule has 0 unspecified atom stereocenters. The SMILES string of the molecule is CCCCCCCC/C=C\CCCCCCCCCC(=O)OC[C@H](COC(=O)CCCCCCCCCCCCCC)OC(=O)CCCCCCCCCCCCCCC. The van der Waals surface area contributed by atoms with Gasteiger partial charge in [0.15, 0.2) is 6.10 Å². The molecule has 6 heteroatoms. The van der Waals surface area contributed by atoms with Crippen LogP contribution in [0, 0.1) is 0 Å². The molecule has 0 fully saturated rings. The van der Waals surface area contributed by atoms with Crippen LogP contribution < -0.4 is 0 Å². The molecule has 0 radical (unpaired) electrons. The fourth-order valence-corrected chi connectivity index (χ4v) is 7.97. The van der Waals surface area contributed by atoms with E-state index in [9.17, 15) is 14.4 Å². The summed E-state index contributed by atoms with van der Waals surface area (Å²) in [5.41, 5.74) is 0. The zero-order valence-corrected chi connectivity index (χ0v) is 40.5. The second-order valence-corrected chi connectivity index (χ2v) is 18.2.